The van der Waals surface area contributed by atoms with Gasteiger partial charge in [-0.1, -0.05) is 20.8 Å². The first kappa shape index (κ1) is 12.6. The molecule has 1 N–H and O–H groups in total. The van der Waals surface area contributed by atoms with Crippen LogP contribution in [0.15, 0.2) is 30.3 Å². The number of hydrogen-bond donors (Lipinski definition) is 1. The Morgan fingerprint density at radius 1 is 1.17 bits per heavy atom. The van der Waals surface area contributed by atoms with E-state index in [1.54, 1.807) is 16.8 Å². The maximum absolute atomic E-state index is 12.9. The molecular formula is C14H18FN3. The standard InChI is InChI=1S/C14H18FN3/c1-14(2,3)12-9-13(16-4)18(17-12)11-7-5-10(15)6-8-11/h5-9,16H,1-4H3. The lowest BCUT2D eigenvalue weighted by Gasteiger charge is -2.14. The fourth-order valence-electron chi connectivity index (χ4n) is 1.70. The van der Waals surface area contributed by atoms with Gasteiger partial charge in [0.05, 0.1) is 11.4 Å². The van der Waals surface area contributed by atoms with Crippen LogP contribution in [0.2, 0.25) is 0 Å². The van der Waals surface area contributed by atoms with E-state index in [-0.39, 0.29) is 11.2 Å². The van der Waals surface area contributed by atoms with Crippen LogP contribution < -0.4 is 5.32 Å². The Kier molecular flexibility index (Phi) is 3.11. The molecule has 0 spiro atoms. The number of halogens is 1. The van der Waals surface area contributed by atoms with Crippen LogP contribution in [0, 0.1) is 5.82 Å². The first-order valence-corrected chi connectivity index (χ1v) is 5.96. The molecule has 0 aliphatic carbocycles. The summed E-state index contributed by atoms with van der Waals surface area (Å²) in [7, 11) is 1.85. The molecule has 0 fully saturated rings. The monoisotopic (exact) mass is 247 g/mol. The van der Waals surface area contributed by atoms with Crippen molar-refractivity contribution in [1.82, 2.24) is 9.78 Å². The Balaban J connectivity index is 2.50. The summed E-state index contributed by atoms with van der Waals surface area (Å²) in [5.41, 5.74) is 1.82. The molecule has 1 heterocycles. The van der Waals surface area contributed by atoms with Crippen LogP contribution in [0.3, 0.4) is 0 Å². The molecule has 0 atom stereocenters. The average molecular weight is 247 g/mol. The number of nitrogens with zero attached hydrogens (tertiary/aromatic N) is 2. The molecule has 0 unspecified atom stereocenters. The van der Waals surface area contributed by atoms with Crippen molar-refractivity contribution in [3.8, 4) is 5.69 Å². The zero-order valence-corrected chi connectivity index (χ0v) is 11.2. The van der Waals surface area contributed by atoms with E-state index < -0.39 is 0 Å². The van der Waals surface area contributed by atoms with Gasteiger partial charge in [-0.2, -0.15) is 5.10 Å². The average Bonchev–Trinajstić information content (AvgIpc) is 2.73. The van der Waals surface area contributed by atoms with E-state index in [9.17, 15) is 4.39 Å². The van der Waals surface area contributed by atoms with Crippen LogP contribution in [-0.4, -0.2) is 16.8 Å². The van der Waals surface area contributed by atoms with E-state index in [2.05, 4.69) is 31.2 Å². The van der Waals surface area contributed by atoms with Gasteiger partial charge < -0.3 is 5.32 Å². The molecule has 3 nitrogen and oxygen atoms in total. The molecule has 2 rings (SSSR count). The predicted molar refractivity (Wildman–Crippen MR) is 71.8 cm³/mol. The van der Waals surface area contributed by atoms with Gasteiger partial charge in [-0.3, -0.25) is 0 Å². The van der Waals surface area contributed by atoms with Gasteiger partial charge in [0.1, 0.15) is 11.6 Å². The molecule has 1 aromatic carbocycles. The number of benzene rings is 1. The maximum Gasteiger partial charge on any atom is 0.129 e. The number of anilines is 1. The summed E-state index contributed by atoms with van der Waals surface area (Å²) in [6, 6.07) is 8.33. The third-order valence-electron chi connectivity index (χ3n) is 2.81. The second kappa shape index (κ2) is 4.44. The van der Waals surface area contributed by atoms with Crippen molar-refractivity contribution >= 4 is 5.82 Å². The Morgan fingerprint density at radius 3 is 2.28 bits per heavy atom. The van der Waals surface area contributed by atoms with Crippen LogP contribution in [0.4, 0.5) is 10.2 Å². The third kappa shape index (κ3) is 2.37. The second-order valence-electron chi connectivity index (χ2n) is 5.30. The number of aromatic nitrogens is 2. The van der Waals surface area contributed by atoms with E-state index in [1.807, 2.05) is 13.1 Å². The minimum atomic E-state index is -0.243. The Hall–Kier alpha value is -1.84. The molecule has 0 saturated carbocycles. The van der Waals surface area contributed by atoms with E-state index in [4.69, 9.17) is 0 Å². The Morgan fingerprint density at radius 2 is 1.78 bits per heavy atom. The summed E-state index contributed by atoms with van der Waals surface area (Å²) in [5, 5.41) is 7.69. The van der Waals surface area contributed by atoms with Crippen molar-refractivity contribution in [3.63, 3.8) is 0 Å². The van der Waals surface area contributed by atoms with Crippen molar-refractivity contribution in [2.45, 2.75) is 26.2 Å². The normalized spacial score (nSPS) is 11.6. The summed E-state index contributed by atoms with van der Waals surface area (Å²) in [5.74, 6) is 0.652. The molecule has 0 amide bonds. The Bertz CT molecular complexity index is 535. The molecule has 1 aromatic heterocycles. The molecule has 18 heavy (non-hydrogen) atoms. The second-order valence-corrected chi connectivity index (χ2v) is 5.30. The molecule has 0 saturated heterocycles. The van der Waals surface area contributed by atoms with Gasteiger partial charge in [0.2, 0.25) is 0 Å². The lowest BCUT2D eigenvalue weighted by Crippen LogP contribution is -2.12. The maximum atomic E-state index is 12.9. The Labute approximate surface area is 107 Å². The van der Waals surface area contributed by atoms with Gasteiger partial charge in [0.25, 0.3) is 0 Å². The van der Waals surface area contributed by atoms with Crippen LogP contribution in [0.5, 0.6) is 0 Å². The van der Waals surface area contributed by atoms with Gasteiger partial charge in [-0.05, 0) is 24.3 Å². The van der Waals surface area contributed by atoms with Crippen molar-refractivity contribution in [1.29, 1.82) is 0 Å². The summed E-state index contributed by atoms with van der Waals surface area (Å²) in [6.45, 7) is 6.34. The van der Waals surface area contributed by atoms with E-state index in [0.717, 1.165) is 17.2 Å². The summed E-state index contributed by atoms with van der Waals surface area (Å²) in [6.07, 6.45) is 0. The quantitative estimate of drug-likeness (QED) is 0.882. The van der Waals surface area contributed by atoms with E-state index in [0.29, 0.717) is 0 Å². The third-order valence-corrected chi connectivity index (χ3v) is 2.81. The van der Waals surface area contributed by atoms with Crippen LogP contribution >= 0.6 is 0 Å². The number of nitrogens with one attached hydrogen (secondary N) is 1. The lowest BCUT2D eigenvalue weighted by atomic mass is 9.92. The minimum absolute atomic E-state index is 0.0170. The number of rotatable bonds is 2. The highest BCUT2D eigenvalue weighted by Crippen LogP contribution is 2.25. The smallest absolute Gasteiger partial charge is 0.129 e. The fourth-order valence-corrected chi connectivity index (χ4v) is 1.70. The zero-order valence-electron chi connectivity index (χ0n) is 11.2. The van der Waals surface area contributed by atoms with Crippen molar-refractivity contribution in [3.05, 3.63) is 41.8 Å². The molecule has 0 bridgehead atoms. The van der Waals surface area contributed by atoms with Gasteiger partial charge in [0, 0.05) is 18.5 Å². The molecule has 0 aliphatic rings. The largest absolute Gasteiger partial charge is 0.373 e. The van der Waals surface area contributed by atoms with Gasteiger partial charge >= 0.3 is 0 Å². The summed E-state index contributed by atoms with van der Waals surface area (Å²) >= 11 is 0. The highest BCUT2D eigenvalue weighted by molar-refractivity contribution is 5.46. The highest BCUT2D eigenvalue weighted by atomic mass is 19.1. The molecule has 0 radical (unpaired) electrons. The highest BCUT2D eigenvalue weighted by Gasteiger charge is 2.20. The zero-order chi connectivity index (χ0) is 13.3. The van der Waals surface area contributed by atoms with Gasteiger partial charge in [-0.15, -0.1) is 0 Å². The summed E-state index contributed by atoms with van der Waals surface area (Å²) in [4.78, 5) is 0. The van der Waals surface area contributed by atoms with Crippen LogP contribution in [0.25, 0.3) is 5.69 Å². The molecule has 4 heteroatoms. The molecular weight excluding hydrogens is 229 g/mol. The van der Waals surface area contributed by atoms with Crippen molar-refractivity contribution in [2.75, 3.05) is 12.4 Å². The first-order valence-electron chi connectivity index (χ1n) is 5.96. The van der Waals surface area contributed by atoms with Crippen molar-refractivity contribution in [2.24, 2.45) is 0 Å². The van der Waals surface area contributed by atoms with Crippen molar-refractivity contribution < 1.29 is 4.39 Å². The molecule has 96 valence electrons. The topological polar surface area (TPSA) is 29.9 Å². The number of hydrogen-bond acceptors (Lipinski definition) is 2. The molecule has 0 aliphatic heterocycles. The van der Waals surface area contributed by atoms with E-state index in [1.165, 1.54) is 12.1 Å². The summed E-state index contributed by atoms with van der Waals surface area (Å²) < 4.78 is 14.7. The minimum Gasteiger partial charge on any atom is -0.373 e. The fraction of sp³-hybridized carbons (Fsp3) is 0.357. The SMILES string of the molecule is CNc1cc(C(C)(C)C)nn1-c1ccc(F)cc1. The van der Waals surface area contributed by atoms with Crippen LogP contribution in [0.1, 0.15) is 26.5 Å². The molecule has 2 aromatic rings. The van der Waals surface area contributed by atoms with Gasteiger partial charge in [-0.25, -0.2) is 9.07 Å². The lowest BCUT2D eigenvalue weighted by molar-refractivity contribution is 0.560. The predicted octanol–water partition coefficient (Wildman–Crippen LogP) is 3.35. The van der Waals surface area contributed by atoms with Crippen LogP contribution in [-0.2, 0) is 5.41 Å². The van der Waals surface area contributed by atoms with E-state index >= 15 is 0 Å². The first-order chi connectivity index (χ1) is 8.41. The van der Waals surface area contributed by atoms with Gasteiger partial charge in [0.15, 0.2) is 0 Å².